The predicted molar refractivity (Wildman–Crippen MR) is 134 cm³/mol. The molecule has 3 aromatic rings. The second-order valence-corrected chi connectivity index (χ2v) is 10.3. The van der Waals surface area contributed by atoms with Crippen molar-refractivity contribution in [3.05, 3.63) is 88.0 Å². The Morgan fingerprint density at radius 1 is 1.03 bits per heavy atom. The monoisotopic (exact) mass is 552 g/mol. The van der Waals surface area contributed by atoms with Gasteiger partial charge in [0.2, 0.25) is 22.7 Å². The summed E-state index contributed by atoms with van der Waals surface area (Å²) in [6.07, 6.45) is -0.334. The lowest BCUT2D eigenvalue weighted by atomic mass is 10.1. The topological polar surface area (TPSA) is 179 Å². The van der Waals surface area contributed by atoms with Crippen molar-refractivity contribution in [3.8, 4) is 11.5 Å². The van der Waals surface area contributed by atoms with Crippen LogP contribution in [0.25, 0.3) is 0 Å². The lowest BCUT2D eigenvalue weighted by Gasteiger charge is -2.28. The van der Waals surface area contributed by atoms with Crippen molar-refractivity contribution in [2.75, 3.05) is 11.7 Å². The third kappa shape index (κ3) is 5.02. The van der Waals surface area contributed by atoms with E-state index in [1.54, 1.807) is 18.2 Å². The molecule has 14 heteroatoms. The summed E-state index contributed by atoms with van der Waals surface area (Å²) in [6.45, 7) is -0.0482. The van der Waals surface area contributed by atoms with Gasteiger partial charge in [0.25, 0.3) is 17.5 Å². The van der Waals surface area contributed by atoms with Gasteiger partial charge in [-0.15, -0.1) is 0 Å². The zero-order valence-electron chi connectivity index (χ0n) is 20.1. The van der Waals surface area contributed by atoms with Crippen molar-refractivity contribution in [1.29, 1.82) is 0 Å². The maximum atomic E-state index is 13.6. The molecule has 0 saturated carbocycles. The number of nitrogens with zero attached hydrogens (tertiary/aromatic N) is 3. The summed E-state index contributed by atoms with van der Waals surface area (Å²) in [7, 11) is -3.99. The molecule has 1 fully saturated rings. The molecule has 0 bridgehead atoms. The smallest absolute Gasteiger partial charge is 0.269 e. The van der Waals surface area contributed by atoms with Gasteiger partial charge in [-0.1, -0.05) is 6.07 Å². The van der Waals surface area contributed by atoms with Gasteiger partial charge in [-0.3, -0.25) is 24.5 Å². The van der Waals surface area contributed by atoms with Crippen LogP contribution in [0.1, 0.15) is 22.3 Å². The highest BCUT2D eigenvalue weighted by atomic mass is 32.2. The summed E-state index contributed by atoms with van der Waals surface area (Å²) >= 11 is 0. The van der Waals surface area contributed by atoms with E-state index in [9.17, 15) is 32.9 Å². The number of nitro benzene ring substituents is 1. The van der Waals surface area contributed by atoms with E-state index in [1.165, 1.54) is 53.4 Å². The molecule has 1 saturated heterocycles. The van der Waals surface area contributed by atoms with Gasteiger partial charge in [-0.2, -0.15) is 0 Å². The predicted octanol–water partition coefficient (Wildman–Crippen LogP) is 1.95. The van der Waals surface area contributed by atoms with Gasteiger partial charge < -0.3 is 14.4 Å². The average molecular weight is 553 g/mol. The van der Waals surface area contributed by atoms with E-state index >= 15 is 0 Å². The fraction of sp³-hybridized carbons (Fsp3) is 0.160. The first-order chi connectivity index (χ1) is 18.5. The molecule has 2 aliphatic rings. The SMILES string of the molecule is NS(=O)(=O)c1ccc(N2C(=O)CC(N(Cc3ccc4c(c3)OCO4)C(=O)c3ccc([N+](=O)[O-])cc3)C2=O)cc1. The first-order valence-corrected chi connectivity index (χ1v) is 13.0. The lowest BCUT2D eigenvalue weighted by Crippen LogP contribution is -2.45. The van der Waals surface area contributed by atoms with E-state index in [4.69, 9.17) is 14.6 Å². The number of primary sulfonamides is 1. The highest BCUT2D eigenvalue weighted by molar-refractivity contribution is 7.89. The molecule has 2 heterocycles. The van der Waals surface area contributed by atoms with Gasteiger partial charge in [-0.05, 0) is 54.1 Å². The Kier molecular flexibility index (Phi) is 6.49. The average Bonchev–Trinajstić information content (AvgIpc) is 3.49. The van der Waals surface area contributed by atoms with Crippen molar-refractivity contribution in [3.63, 3.8) is 0 Å². The third-order valence-electron chi connectivity index (χ3n) is 6.30. The molecule has 0 spiro atoms. The molecule has 3 amide bonds. The Labute approximate surface area is 221 Å². The second-order valence-electron chi connectivity index (χ2n) is 8.75. The van der Waals surface area contributed by atoms with E-state index in [1.807, 2.05) is 0 Å². The standard InChI is InChI=1S/C25H20N4O9S/c26-39(35,36)19-8-6-17(7-9-19)28-23(30)12-20(25(28)32)27(13-15-1-10-21-22(11-15)38-14-37-21)24(31)16-2-4-18(5-3-16)29(33)34/h1-11,20H,12-14H2,(H2,26,35,36). The van der Waals surface area contributed by atoms with E-state index in [0.29, 0.717) is 17.1 Å². The molecule has 39 heavy (non-hydrogen) atoms. The number of benzene rings is 3. The number of anilines is 1. The van der Waals surface area contributed by atoms with Crippen LogP contribution in [0.5, 0.6) is 11.5 Å². The summed E-state index contributed by atoms with van der Waals surface area (Å²) in [4.78, 5) is 52.5. The number of rotatable bonds is 7. The number of sulfonamides is 1. The van der Waals surface area contributed by atoms with Crippen LogP contribution in [0.15, 0.2) is 71.6 Å². The van der Waals surface area contributed by atoms with Crippen LogP contribution in [0, 0.1) is 10.1 Å². The first kappa shape index (κ1) is 25.8. The van der Waals surface area contributed by atoms with Crippen molar-refractivity contribution in [2.45, 2.75) is 23.9 Å². The number of imide groups is 1. The quantitative estimate of drug-likeness (QED) is 0.260. The number of nitro groups is 1. The van der Waals surface area contributed by atoms with Gasteiger partial charge in [0.05, 0.1) is 21.9 Å². The number of carbonyl (C=O) groups excluding carboxylic acids is 3. The fourth-order valence-corrected chi connectivity index (χ4v) is 4.88. The Hall–Kier alpha value is -4.82. The Balaban J connectivity index is 1.48. The van der Waals surface area contributed by atoms with Gasteiger partial charge >= 0.3 is 0 Å². The minimum absolute atomic E-state index is 0.0407. The van der Waals surface area contributed by atoms with Crippen LogP contribution < -0.4 is 19.5 Å². The van der Waals surface area contributed by atoms with Crippen molar-refractivity contribution >= 4 is 39.1 Å². The van der Waals surface area contributed by atoms with Crippen molar-refractivity contribution < 1.29 is 37.2 Å². The Bertz CT molecular complexity index is 1610. The fourth-order valence-electron chi connectivity index (χ4n) is 4.37. The number of ether oxygens (including phenoxy) is 2. The van der Waals surface area contributed by atoms with Crippen LogP contribution in [0.3, 0.4) is 0 Å². The molecule has 0 aromatic heterocycles. The van der Waals surface area contributed by atoms with Crippen LogP contribution >= 0.6 is 0 Å². The Morgan fingerprint density at radius 2 is 1.69 bits per heavy atom. The van der Waals surface area contributed by atoms with Crippen LogP contribution in [0.4, 0.5) is 11.4 Å². The van der Waals surface area contributed by atoms with E-state index in [-0.39, 0.29) is 41.6 Å². The summed E-state index contributed by atoms with van der Waals surface area (Å²) in [5, 5.41) is 16.2. The molecule has 5 rings (SSSR count). The number of carbonyl (C=O) groups is 3. The van der Waals surface area contributed by atoms with Crippen LogP contribution in [-0.2, 0) is 26.2 Å². The maximum absolute atomic E-state index is 13.6. The number of hydrogen-bond acceptors (Lipinski definition) is 9. The highest BCUT2D eigenvalue weighted by Crippen LogP contribution is 2.34. The number of nitrogens with two attached hydrogens (primary N) is 1. The molecule has 0 aliphatic carbocycles. The van der Waals surface area contributed by atoms with Crippen LogP contribution in [-0.4, -0.2) is 48.8 Å². The molecule has 200 valence electrons. The number of hydrogen-bond donors (Lipinski definition) is 1. The Morgan fingerprint density at radius 3 is 2.33 bits per heavy atom. The van der Waals surface area contributed by atoms with E-state index in [0.717, 1.165) is 4.90 Å². The maximum Gasteiger partial charge on any atom is 0.269 e. The van der Waals surface area contributed by atoms with Gasteiger partial charge in [0.15, 0.2) is 11.5 Å². The minimum Gasteiger partial charge on any atom is -0.454 e. The zero-order chi connectivity index (χ0) is 27.9. The van der Waals surface area contributed by atoms with Crippen LogP contribution in [0.2, 0.25) is 0 Å². The molecular formula is C25H20N4O9S. The zero-order valence-corrected chi connectivity index (χ0v) is 20.9. The van der Waals surface area contributed by atoms with Gasteiger partial charge in [0.1, 0.15) is 6.04 Å². The van der Waals surface area contributed by atoms with E-state index < -0.39 is 38.7 Å². The largest absolute Gasteiger partial charge is 0.454 e. The number of non-ortho nitro benzene ring substituents is 1. The normalized spacial score (nSPS) is 16.4. The molecule has 1 unspecified atom stereocenters. The highest BCUT2D eigenvalue weighted by Gasteiger charge is 2.44. The second kappa shape index (κ2) is 9.81. The summed E-state index contributed by atoms with van der Waals surface area (Å²) in [6, 6.07) is 13.6. The van der Waals surface area contributed by atoms with Crippen molar-refractivity contribution in [1.82, 2.24) is 4.90 Å². The third-order valence-corrected chi connectivity index (χ3v) is 7.23. The van der Waals surface area contributed by atoms with Gasteiger partial charge in [-0.25, -0.2) is 18.5 Å². The number of fused-ring (bicyclic) bond motifs is 1. The van der Waals surface area contributed by atoms with Crippen molar-refractivity contribution in [2.24, 2.45) is 5.14 Å². The first-order valence-electron chi connectivity index (χ1n) is 11.5. The minimum atomic E-state index is -3.99. The molecule has 2 N–H and O–H groups in total. The lowest BCUT2D eigenvalue weighted by molar-refractivity contribution is -0.384. The molecule has 13 nitrogen and oxygen atoms in total. The summed E-state index contributed by atoms with van der Waals surface area (Å²) < 4.78 is 33.9. The summed E-state index contributed by atoms with van der Waals surface area (Å²) in [5.74, 6) is -0.936. The number of amides is 3. The molecule has 0 radical (unpaired) electrons. The van der Waals surface area contributed by atoms with E-state index in [2.05, 4.69) is 0 Å². The molecule has 1 atom stereocenters. The van der Waals surface area contributed by atoms with Gasteiger partial charge in [0, 0.05) is 24.2 Å². The molecule has 2 aliphatic heterocycles. The molecule has 3 aromatic carbocycles. The summed E-state index contributed by atoms with van der Waals surface area (Å²) in [5.41, 5.74) is 0.573. The molecular weight excluding hydrogens is 532 g/mol.